The molecule has 132 valence electrons. The van der Waals surface area contributed by atoms with E-state index in [-0.39, 0.29) is 0 Å². The molecule has 5 rings (SSSR count). The van der Waals surface area contributed by atoms with E-state index in [1.54, 1.807) is 11.3 Å². The van der Waals surface area contributed by atoms with Crippen LogP contribution in [0.15, 0.2) is 65.3 Å². The van der Waals surface area contributed by atoms with Gasteiger partial charge in [-0.2, -0.15) is 0 Å². The van der Waals surface area contributed by atoms with Crippen LogP contribution in [-0.4, -0.2) is 19.7 Å². The van der Waals surface area contributed by atoms with Crippen LogP contribution in [0.3, 0.4) is 0 Å². The number of aryl methyl sites for hydroxylation is 2. The Kier molecular flexibility index (Phi) is 3.65. The van der Waals surface area contributed by atoms with E-state index < -0.39 is 0 Å². The molecule has 0 radical (unpaired) electrons. The number of fused-ring (bicyclic) bond motifs is 1. The second kappa shape index (κ2) is 6.17. The fourth-order valence-corrected chi connectivity index (χ4v) is 4.53. The first-order valence-corrected chi connectivity index (χ1v) is 9.46. The maximum absolute atomic E-state index is 6.04. The maximum atomic E-state index is 6.04. The van der Waals surface area contributed by atoms with Crippen LogP contribution in [0.1, 0.15) is 11.3 Å². The number of benzene rings is 1. The summed E-state index contributed by atoms with van der Waals surface area (Å²) in [6.45, 7) is 4.13. The van der Waals surface area contributed by atoms with Gasteiger partial charge in [-0.05, 0) is 49.7 Å². The van der Waals surface area contributed by atoms with Crippen LogP contribution in [0.25, 0.3) is 38.1 Å². The molecule has 5 aromatic rings. The van der Waals surface area contributed by atoms with Gasteiger partial charge in [0.15, 0.2) is 0 Å². The van der Waals surface area contributed by atoms with Crippen LogP contribution < -0.4 is 0 Å². The Bertz CT molecular complexity index is 1240. The molecule has 0 spiro atoms. The monoisotopic (exact) mass is 372 g/mol. The minimum Gasteiger partial charge on any atom is -0.415 e. The van der Waals surface area contributed by atoms with Crippen LogP contribution in [0.5, 0.6) is 0 Å². The summed E-state index contributed by atoms with van der Waals surface area (Å²) in [5, 5.41) is 9.71. The average molecular weight is 372 g/mol. The van der Waals surface area contributed by atoms with Gasteiger partial charge in [0.25, 0.3) is 5.89 Å². The highest BCUT2D eigenvalue weighted by Crippen LogP contribution is 2.42. The van der Waals surface area contributed by atoms with E-state index in [0.29, 0.717) is 11.8 Å². The Morgan fingerprint density at radius 2 is 1.67 bits per heavy atom. The Balaban J connectivity index is 1.75. The predicted molar refractivity (Wildman–Crippen MR) is 107 cm³/mol. The van der Waals surface area contributed by atoms with Gasteiger partial charge in [0, 0.05) is 29.0 Å². The third kappa shape index (κ3) is 2.65. The fourth-order valence-electron chi connectivity index (χ4n) is 3.31. The number of rotatable bonds is 3. The van der Waals surface area contributed by atoms with Crippen LogP contribution in [0, 0.1) is 13.8 Å². The lowest BCUT2D eigenvalue weighted by molar-refractivity contribution is 0.586. The van der Waals surface area contributed by atoms with Crippen molar-refractivity contribution in [2.45, 2.75) is 13.8 Å². The van der Waals surface area contributed by atoms with E-state index in [4.69, 9.17) is 9.40 Å². The third-order valence-electron chi connectivity index (χ3n) is 4.46. The van der Waals surface area contributed by atoms with Crippen LogP contribution in [0.2, 0.25) is 0 Å². The largest absolute Gasteiger partial charge is 0.415 e. The normalized spacial score (nSPS) is 11.3. The van der Waals surface area contributed by atoms with Crippen molar-refractivity contribution in [2.75, 3.05) is 0 Å². The lowest BCUT2D eigenvalue weighted by atomic mass is 10.1. The molecule has 0 bridgehead atoms. The van der Waals surface area contributed by atoms with E-state index in [1.165, 1.54) is 5.56 Å². The molecular weight excluding hydrogens is 356 g/mol. The van der Waals surface area contributed by atoms with Crippen molar-refractivity contribution < 1.29 is 4.42 Å². The van der Waals surface area contributed by atoms with Crippen molar-refractivity contribution in [3.05, 3.63) is 72.2 Å². The highest BCUT2D eigenvalue weighted by atomic mass is 32.1. The van der Waals surface area contributed by atoms with Crippen molar-refractivity contribution in [1.82, 2.24) is 19.7 Å². The molecule has 0 amide bonds. The summed E-state index contributed by atoms with van der Waals surface area (Å²) in [4.78, 5) is 6.64. The zero-order chi connectivity index (χ0) is 18.4. The Morgan fingerprint density at radius 1 is 0.926 bits per heavy atom. The van der Waals surface area contributed by atoms with E-state index in [1.807, 2.05) is 61.8 Å². The summed E-state index contributed by atoms with van der Waals surface area (Å²) >= 11 is 1.58. The summed E-state index contributed by atoms with van der Waals surface area (Å²) < 4.78 is 8.13. The number of aromatic nitrogens is 4. The Morgan fingerprint density at radius 3 is 2.44 bits per heavy atom. The highest BCUT2D eigenvalue weighted by molar-refractivity contribution is 7.22. The molecule has 0 atom stereocenters. The van der Waals surface area contributed by atoms with E-state index >= 15 is 0 Å². The molecule has 4 heterocycles. The molecule has 0 N–H and O–H groups in total. The lowest BCUT2D eigenvalue weighted by Gasteiger charge is -2.06. The fraction of sp³-hybridized carbons (Fsp3) is 0.0952. The van der Waals surface area contributed by atoms with Gasteiger partial charge >= 0.3 is 0 Å². The zero-order valence-electron chi connectivity index (χ0n) is 14.9. The Hall–Kier alpha value is -3.25. The maximum Gasteiger partial charge on any atom is 0.260 e. The molecule has 5 nitrogen and oxygen atoms in total. The minimum absolute atomic E-state index is 0.512. The molecular formula is C21H16N4OS. The number of pyridine rings is 1. The van der Waals surface area contributed by atoms with Gasteiger partial charge in [-0.15, -0.1) is 21.5 Å². The van der Waals surface area contributed by atoms with Gasteiger partial charge in [-0.3, -0.25) is 0 Å². The predicted octanol–water partition coefficient (Wildman–Crippen LogP) is 5.42. The highest BCUT2D eigenvalue weighted by Gasteiger charge is 2.22. The van der Waals surface area contributed by atoms with Gasteiger partial charge in [-0.25, -0.2) is 4.98 Å². The zero-order valence-corrected chi connectivity index (χ0v) is 15.7. The summed E-state index contributed by atoms with van der Waals surface area (Å²) in [5.41, 5.74) is 4.13. The summed E-state index contributed by atoms with van der Waals surface area (Å²) in [7, 11) is 0. The SMILES string of the molecule is Cc1cc(C)c2c(-n3cccc3)c(-c3nnc(-c4ccccc4)o3)sc2n1. The van der Waals surface area contributed by atoms with Crippen molar-refractivity contribution in [1.29, 1.82) is 0 Å². The van der Waals surface area contributed by atoms with Crippen molar-refractivity contribution in [3.63, 3.8) is 0 Å². The third-order valence-corrected chi connectivity index (χ3v) is 5.53. The molecule has 0 saturated carbocycles. The summed E-state index contributed by atoms with van der Waals surface area (Å²) in [5.74, 6) is 1.03. The molecule has 0 saturated heterocycles. The molecule has 0 aliphatic rings. The molecule has 0 aliphatic carbocycles. The topological polar surface area (TPSA) is 56.7 Å². The van der Waals surface area contributed by atoms with Crippen molar-refractivity contribution >= 4 is 21.6 Å². The quantitative estimate of drug-likeness (QED) is 0.424. The summed E-state index contributed by atoms with van der Waals surface area (Å²) in [6, 6.07) is 15.9. The first-order chi connectivity index (χ1) is 13.2. The van der Waals surface area contributed by atoms with Crippen molar-refractivity contribution in [2.24, 2.45) is 0 Å². The van der Waals surface area contributed by atoms with Gasteiger partial charge in [0.1, 0.15) is 9.71 Å². The van der Waals surface area contributed by atoms with Gasteiger partial charge < -0.3 is 8.98 Å². The van der Waals surface area contributed by atoms with E-state index in [0.717, 1.165) is 32.0 Å². The second-order valence-electron chi connectivity index (χ2n) is 6.41. The molecule has 27 heavy (non-hydrogen) atoms. The number of thiophene rings is 1. The van der Waals surface area contributed by atoms with Gasteiger partial charge in [-0.1, -0.05) is 18.2 Å². The number of nitrogens with zero attached hydrogens (tertiary/aromatic N) is 4. The molecule has 1 aromatic carbocycles. The average Bonchev–Trinajstić information content (AvgIpc) is 3.40. The van der Waals surface area contributed by atoms with Gasteiger partial charge in [0.2, 0.25) is 5.89 Å². The molecule has 0 fully saturated rings. The molecule has 0 aliphatic heterocycles. The lowest BCUT2D eigenvalue weighted by Crippen LogP contribution is -1.93. The molecule has 6 heteroatoms. The van der Waals surface area contributed by atoms with Crippen molar-refractivity contribution in [3.8, 4) is 27.9 Å². The van der Waals surface area contributed by atoms with Crippen LogP contribution in [-0.2, 0) is 0 Å². The Labute approximate surface area is 159 Å². The van der Waals surface area contributed by atoms with E-state index in [2.05, 4.69) is 27.8 Å². The molecule has 4 aromatic heterocycles. The van der Waals surface area contributed by atoms with E-state index in [9.17, 15) is 0 Å². The number of hydrogen-bond donors (Lipinski definition) is 0. The minimum atomic E-state index is 0.512. The first kappa shape index (κ1) is 16.0. The van der Waals surface area contributed by atoms with Crippen LogP contribution in [0.4, 0.5) is 0 Å². The first-order valence-electron chi connectivity index (χ1n) is 8.64. The number of hydrogen-bond acceptors (Lipinski definition) is 5. The van der Waals surface area contributed by atoms with Crippen LogP contribution >= 0.6 is 11.3 Å². The second-order valence-corrected chi connectivity index (χ2v) is 7.41. The summed E-state index contributed by atoms with van der Waals surface area (Å²) in [6.07, 6.45) is 4.05. The standard InChI is InChI=1S/C21H16N4OS/c1-13-12-14(2)22-21-16(13)17(25-10-6-7-11-25)18(27-21)20-24-23-19(26-20)15-8-4-3-5-9-15/h3-12H,1-2H3. The van der Waals surface area contributed by atoms with Gasteiger partial charge in [0.05, 0.1) is 5.69 Å². The molecule has 0 unspecified atom stereocenters. The smallest absolute Gasteiger partial charge is 0.260 e.